The zero-order chi connectivity index (χ0) is 11.3. The minimum atomic E-state index is -0.886. The number of rotatable bonds is 5. The molecule has 1 aromatic carbocycles. The lowest BCUT2D eigenvalue weighted by molar-refractivity contribution is 0.0693. The fraction of sp³-hybridized carbons (Fsp3) is 0.364. The van der Waals surface area contributed by atoms with Gasteiger partial charge in [0.2, 0.25) is 0 Å². The summed E-state index contributed by atoms with van der Waals surface area (Å²) in [5.41, 5.74) is 0.353. The highest BCUT2D eigenvalue weighted by Gasteiger charge is 2.10. The quantitative estimate of drug-likeness (QED) is 0.784. The average Bonchev–Trinajstić information content (AvgIpc) is 2.26. The Morgan fingerprint density at radius 3 is 2.80 bits per heavy atom. The number of carboxylic acids is 1. The van der Waals surface area contributed by atoms with E-state index in [1.807, 2.05) is 19.1 Å². The van der Waals surface area contributed by atoms with E-state index in [2.05, 4.69) is 0 Å². The zero-order valence-corrected chi connectivity index (χ0v) is 9.58. The Kier molecular flexibility index (Phi) is 4.65. The van der Waals surface area contributed by atoms with E-state index in [4.69, 9.17) is 9.84 Å². The number of carboxylic acid groups (broad SMARTS) is 1. The molecule has 1 aromatic rings. The van der Waals surface area contributed by atoms with Crippen molar-refractivity contribution in [3.8, 4) is 0 Å². The largest absolute Gasteiger partial charge is 0.478 e. The van der Waals surface area contributed by atoms with Gasteiger partial charge in [0.25, 0.3) is 0 Å². The van der Waals surface area contributed by atoms with Crippen molar-refractivity contribution in [2.45, 2.75) is 17.9 Å². The summed E-state index contributed by atoms with van der Waals surface area (Å²) >= 11 is 1.50. The molecule has 0 radical (unpaired) electrons. The van der Waals surface area contributed by atoms with E-state index in [-0.39, 0.29) is 6.10 Å². The second-order valence-electron chi connectivity index (χ2n) is 3.16. The third-order valence-electron chi connectivity index (χ3n) is 1.99. The van der Waals surface area contributed by atoms with Crippen LogP contribution in [0.5, 0.6) is 0 Å². The first kappa shape index (κ1) is 12.1. The van der Waals surface area contributed by atoms with E-state index >= 15 is 0 Å². The third-order valence-corrected chi connectivity index (χ3v) is 3.30. The van der Waals surface area contributed by atoms with Crippen LogP contribution in [-0.2, 0) is 4.74 Å². The highest BCUT2D eigenvalue weighted by Crippen LogP contribution is 2.23. The molecule has 0 aromatic heterocycles. The summed E-state index contributed by atoms with van der Waals surface area (Å²) in [4.78, 5) is 11.7. The van der Waals surface area contributed by atoms with Crippen LogP contribution in [0.1, 0.15) is 17.3 Å². The van der Waals surface area contributed by atoms with Crippen LogP contribution in [0, 0.1) is 0 Å². The van der Waals surface area contributed by atoms with Gasteiger partial charge in [0.1, 0.15) is 0 Å². The van der Waals surface area contributed by atoms with Crippen LogP contribution < -0.4 is 0 Å². The maximum atomic E-state index is 10.9. The first-order valence-electron chi connectivity index (χ1n) is 4.63. The summed E-state index contributed by atoms with van der Waals surface area (Å²) in [6.45, 7) is 1.95. The molecule has 0 saturated heterocycles. The van der Waals surface area contributed by atoms with Crippen molar-refractivity contribution in [2.75, 3.05) is 12.9 Å². The van der Waals surface area contributed by atoms with Gasteiger partial charge in [-0.25, -0.2) is 4.79 Å². The Morgan fingerprint density at radius 1 is 1.53 bits per heavy atom. The van der Waals surface area contributed by atoms with Crippen LogP contribution in [0.3, 0.4) is 0 Å². The molecular formula is C11H14O3S. The number of aromatic carboxylic acids is 1. The van der Waals surface area contributed by atoms with Gasteiger partial charge in [0.15, 0.2) is 0 Å². The number of carbonyl (C=O) groups is 1. The fourth-order valence-electron chi connectivity index (χ4n) is 1.04. The van der Waals surface area contributed by atoms with Crippen molar-refractivity contribution in [1.29, 1.82) is 0 Å². The maximum Gasteiger partial charge on any atom is 0.336 e. The van der Waals surface area contributed by atoms with Gasteiger partial charge in [-0.15, -0.1) is 11.8 Å². The first-order valence-corrected chi connectivity index (χ1v) is 5.61. The van der Waals surface area contributed by atoms with Crippen molar-refractivity contribution >= 4 is 17.7 Å². The molecule has 0 saturated carbocycles. The Bertz CT molecular complexity index is 338. The van der Waals surface area contributed by atoms with Crippen LogP contribution >= 0.6 is 11.8 Å². The molecule has 1 rings (SSSR count). The van der Waals surface area contributed by atoms with E-state index in [1.165, 1.54) is 11.8 Å². The standard InChI is InChI=1S/C11H14O3S/c1-8(14-2)7-15-10-6-4-3-5-9(10)11(12)13/h3-6,8H,7H2,1-2H3,(H,12,13). The smallest absolute Gasteiger partial charge is 0.336 e. The molecule has 1 unspecified atom stereocenters. The van der Waals surface area contributed by atoms with Crippen LogP contribution in [-0.4, -0.2) is 30.0 Å². The van der Waals surface area contributed by atoms with Crippen LogP contribution in [0.15, 0.2) is 29.2 Å². The molecule has 0 bridgehead atoms. The maximum absolute atomic E-state index is 10.9. The second-order valence-corrected chi connectivity index (χ2v) is 4.22. The molecule has 15 heavy (non-hydrogen) atoms. The molecule has 1 atom stereocenters. The highest BCUT2D eigenvalue weighted by molar-refractivity contribution is 7.99. The molecule has 4 heteroatoms. The SMILES string of the molecule is COC(C)CSc1ccccc1C(=O)O. The Balaban J connectivity index is 2.72. The molecule has 82 valence electrons. The minimum absolute atomic E-state index is 0.122. The van der Waals surface area contributed by atoms with Crippen LogP contribution in [0.25, 0.3) is 0 Å². The van der Waals surface area contributed by atoms with Crippen molar-refractivity contribution in [2.24, 2.45) is 0 Å². The van der Waals surface area contributed by atoms with Crippen LogP contribution in [0.4, 0.5) is 0 Å². The van der Waals surface area contributed by atoms with Gasteiger partial charge < -0.3 is 9.84 Å². The molecule has 0 aliphatic rings. The molecule has 0 spiro atoms. The Labute approximate surface area is 93.4 Å². The van der Waals surface area contributed by atoms with E-state index < -0.39 is 5.97 Å². The minimum Gasteiger partial charge on any atom is -0.478 e. The zero-order valence-electron chi connectivity index (χ0n) is 8.77. The van der Waals surface area contributed by atoms with Crippen LogP contribution in [0.2, 0.25) is 0 Å². The van der Waals surface area contributed by atoms with Gasteiger partial charge in [-0.1, -0.05) is 12.1 Å². The summed E-state index contributed by atoms with van der Waals surface area (Å²) < 4.78 is 5.10. The van der Waals surface area contributed by atoms with Gasteiger partial charge in [0.05, 0.1) is 11.7 Å². The summed E-state index contributed by atoms with van der Waals surface area (Å²) in [5, 5.41) is 8.94. The molecule has 3 nitrogen and oxygen atoms in total. The summed E-state index contributed by atoms with van der Waals surface area (Å²) in [6, 6.07) is 7.00. The molecular weight excluding hydrogens is 212 g/mol. The van der Waals surface area contributed by atoms with E-state index in [1.54, 1.807) is 19.2 Å². The van der Waals surface area contributed by atoms with E-state index in [0.717, 1.165) is 10.6 Å². The molecule has 0 fully saturated rings. The second kappa shape index (κ2) is 5.78. The molecule has 0 amide bonds. The monoisotopic (exact) mass is 226 g/mol. The number of methoxy groups -OCH3 is 1. The van der Waals surface area contributed by atoms with Gasteiger partial charge in [-0.05, 0) is 19.1 Å². The van der Waals surface area contributed by atoms with E-state index in [0.29, 0.717) is 5.56 Å². The molecule has 1 N–H and O–H groups in total. The molecule has 0 heterocycles. The van der Waals surface area contributed by atoms with Crippen molar-refractivity contribution in [3.05, 3.63) is 29.8 Å². The normalized spacial score (nSPS) is 12.4. The summed E-state index contributed by atoms with van der Waals surface area (Å²) in [6.07, 6.45) is 0.122. The summed E-state index contributed by atoms with van der Waals surface area (Å²) in [5.74, 6) is -0.135. The van der Waals surface area contributed by atoms with Crippen molar-refractivity contribution in [1.82, 2.24) is 0 Å². The predicted octanol–water partition coefficient (Wildman–Crippen LogP) is 2.51. The predicted molar refractivity (Wildman–Crippen MR) is 60.6 cm³/mol. The molecule has 0 aliphatic carbocycles. The van der Waals surface area contributed by atoms with Crippen molar-refractivity contribution < 1.29 is 14.6 Å². The third kappa shape index (κ3) is 3.57. The number of thioether (sulfide) groups is 1. The lowest BCUT2D eigenvalue weighted by atomic mass is 10.2. The molecule has 0 aliphatic heterocycles. The fourth-order valence-corrected chi connectivity index (χ4v) is 2.08. The highest BCUT2D eigenvalue weighted by atomic mass is 32.2. The van der Waals surface area contributed by atoms with E-state index in [9.17, 15) is 4.79 Å². The Hall–Kier alpha value is -1.00. The number of ether oxygens (including phenoxy) is 1. The summed E-state index contributed by atoms with van der Waals surface area (Å²) in [7, 11) is 1.65. The van der Waals surface area contributed by atoms with Gasteiger partial charge in [0, 0.05) is 17.8 Å². The Morgan fingerprint density at radius 2 is 2.20 bits per heavy atom. The first-order chi connectivity index (χ1) is 7.15. The topological polar surface area (TPSA) is 46.5 Å². The number of hydrogen-bond acceptors (Lipinski definition) is 3. The van der Waals surface area contributed by atoms with Gasteiger partial charge >= 0.3 is 5.97 Å². The lowest BCUT2D eigenvalue weighted by Gasteiger charge is -2.09. The van der Waals surface area contributed by atoms with Gasteiger partial charge in [-0.2, -0.15) is 0 Å². The van der Waals surface area contributed by atoms with Crippen molar-refractivity contribution in [3.63, 3.8) is 0 Å². The lowest BCUT2D eigenvalue weighted by Crippen LogP contribution is -2.08. The average molecular weight is 226 g/mol. The number of hydrogen-bond donors (Lipinski definition) is 1. The number of benzene rings is 1. The van der Waals surface area contributed by atoms with Gasteiger partial charge in [-0.3, -0.25) is 0 Å².